The first-order valence-electron chi connectivity index (χ1n) is 5.40. The van der Waals surface area contributed by atoms with Gasteiger partial charge in [0.15, 0.2) is 0 Å². The third kappa shape index (κ3) is 1.35. The highest BCUT2D eigenvalue weighted by Gasteiger charge is 2.47. The van der Waals surface area contributed by atoms with Gasteiger partial charge in [0.05, 0.1) is 6.54 Å². The molecule has 2 aliphatic rings. The third-order valence-corrected chi connectivity index (χ3v) is 3.93. The first-order valence-corrected chi connectivity index (χ1v) is 6.35. The van der Waals surface area contributed by atoms with Crippen LogP contribution >= 0.6 is 11.3 Å². The smallest absolute Gasteiger partial charge is 0.312 e. The second kappa shape index (κ2) is 3.59. The van der Waals surface area contributed by atoms with Gasteiger partial charge in [-0.3, -0.25) is 9.69 Å². The topological polar surface area (TPSA) is 40.6 Å². The fraction of sp³-hybridized carbons (Fsp3) is 0.455. The van der Waals surface area contributed by atoms with Gasteiger partial charge in [0.1, 0.15) is 6.04 Å². The molecule has 0 aromatic carbocycles. The largest absolute Gasteiger partial charge is 0.327 e. The van der Waals surface area contributed by atoms with Crippen molar-refractivity contribution in [3.8, 4) is 0 Å². The molecule has 2 saturated heterocycles. The number of nitrogens with zero attached hydrogens (tertiary/aromatic N) is 2. The lowest BCUT2D eigenvalue weighted by atomic mass is 10.2. The molecule has 16 heavy (non-hydrogen) atoms. The monoisotopic (exact) mass is 236 g/mol. The van der Waals surface area contributed by atoms with E-state index in [1.807, 2.05) is 16.8 Å². The van der Waals surface area contributed by atoms with Crippen molar-refractivity contribution in [2.24, 2.45) is 0 Å². The fourth-order valence-electron chi connectivity index (χ4n) is 2.39. The summed E-state index contributed by atoms with van der Waals surface area (Å²) < 4.78 is 0. The minimum absolute atomic E-state index is 0.0197. The van der Waals surface area contributed by atoms with E-state index < -0.39 is 0 Å². The summed E-state index contributed by atoms with van der Waals surface area (Å²) in [6.45, 7) is 1.16. The number of hydrogen-bond acceptors (Lipinski definition) is 3. The summed E-state index contributed by atoms with van der Waals surface area (Å²) >= 11 is 1.58. The van der Waals surface area contributed by atoms with Crippen molar-refractivity contribution in [2.45, 2.75) is 25.4 Å². The summed E-state index contributed by atoms with van der Waals surface area (Å²) in [5.74, 6) is -0.0197. The average molecular weight is 236 g/mol. The zero-order valence-corrected chi connectivity index (χ0v) is 9.57. The van der Waals surface area contributed by atoms with Crippen molar-refractivity contribution in [3.05, 3.63) is 22.4 Å². The van der Waals surface area contributed by atoms with Crippen LogP contribution in [-0.2, 0) is 11.3 Å². The predicted molar refractivity (Wildman–Crippen MR) is 60.0 cm³/mol. The summed E-state index contributed by atoms with van der Waals surface area (Å²) in [6, 6.07) is 1.67. The Balaban J connectivity index is 1.81. The molecule has 2 fully saturated rings. The zero-order chi connectivity index (χ0) is 11.1. The zero-order valence-electron chi connectivity index (χ0n) is 8.76. The van der Waals surface area contributed by atoms with Gasteiger partial charge in [0.2, 0.25) is 0 Å². The Bertz CT molecular complexity index is 407. The average Bonchev–Trinajstić information content (AvgIpc) is 2.97. The van der Waals surface area contributed by atoms with E-state index in [1.165, 1.54) is 4.90 Å². The SMILES string of the molecule is O=C1C2CCCN2C(=O)N1Cc1ccsc1. The van der Waals surface area contributed by atoms with Crippen LogP contribution in [0.5, 0.6) is 0 Å². The lowest BCUT2D eigenvalue weighted by Gasteiger charge is -2.14. The molecule has 3 heterocycles. The lowest BCUT2D eigenvalue weighted by Crippen LogP contribution is -2.32. The van der Waals surface area contributed by atoms with E-state index >= 15 is 0 Å². The van der Waals surface area contributed by atoms with Crippen LogP contribution in [-0.4, -0.2) is 34.3 Å². The number of amides is 3. The molecule has 1 unspecified atom stereocenters. The Morgan fingerprint density at radius 2 is 2.31 bits per heavy atom. The molecule has 0 saturated carbocycles. The summed E-state index contributed by atoms with van der Waals surface area (Å²) in [6.07, 6.45) is 1.78. The molecule has 3 amide bonds. The van der Waals surface area contributed by atoms with Gasteiger partial charge in [0.25, 0.3) is 5.91 Å². The first kappa shape index (κ1) is 9.84. The number of fused-ring (bicyclic) bond motifs is 1. The molecule has 0 spiro atoms. The minimum atomic E-state index is -0.175. The van der Waals surface area contributed by atoms with Gasteiger partial charge in [-0.1, -0.05) is 0 Å². The van der Waals surface area contributed by atoms with E-state index in [2.05, 4.69) is 0 Å². The molecular weight excluding hydrogens is 224 g/mol. The van der Waals surface area contributed by atoms with Crippen molar-refractivity contribution in [2.75, 3.05) is 6.54 Å². The fourth-order valence-corrected chi connectivity index (χ4v) is 3.05. The Kier molecular flexibility index (Phi) is 2.21. The summed E-state index contributed by atoms with van der Waals surface area (Å²) in [7, 11) is 0. The predicted octanol–water partition coefficient (Wildman–Crippen LogP) is 1.67. The number of rotatable bonds is 2. The van der Waals surface area contributed by atoms with Crippen LogP contribution in [0.3, 0.4) is 0 Å². The number of carbonyl (C=O) groups excluding carboxylic acids is 2. The quantitative estimate of drug-likeness (QED) is 0.733. The van der Waals surface area contributed by atoms with Crippen LogP contribution in [0.4, 0.5) is 4.79 Å². The van der Waals surface area contributed by atoms with Crippen molar-refractivity contribution >= 4 is 23.3 Å². The molecule has 0 bridgehead atoms. The van der Waals surface area contributed by atoms with Crippen molar-refractivity contribution in [3.63, 3.8) is 0 Å². The molecule has 2 aliphatic heterocycles. The molecule has 3 rings (SSSR count). The molecule has 84 valence electrons. The lowest BCUT2D eigenvalue weighted by molar-refractivity contribution is -0.128. The van der Waals surface area contributed by atoms with E-state index in [4.69, 9.17) is 0 Å². The van der Waals surface area contributed by atoms with E-state index in [1.54, 1.807) is 16.2 Å². The van der Waals surface area contributed by atoms with Gasteiger partial charge in [-0.2, -0.15) is 11.3 Å². The van der Waals surface area contributed by atoms with E-state index in [0.29, 0.717) is 6.54 Å². The number of hydrogen-bond donors (Lipinski definition) is 0. The van der Waals surface area contributed by atoms with Gasteiger partial charge < -0.3 is 4.90 Å². The Morgan fingerprint density at radius 3 is 3.00 bits per heavy atom. The molecule has 0 radical (unpaired) electrons. The normalized spacial score (nSPS) is 24.4. The molecule has 1 atom stereocenters. The molecule has 1 aromatic heterocycles. The van der Waals surface area contributed by atoms with Gasteiger partial charge in [-0.15, -0.1) is 0 Å². The van der Waals surface area contributed by atoms with Crippen molar-refractivity contribution < 1.29 is 9.59 Å². The molecule has 1 aromatic rings. The third-order valence-electron chi connectivity index (χ3n) is 3.20. The van der Waals surface area contributed by atoms with Gasteiger partial charge in [-0.25, -0.2) is 4.79 Å². The van der Waals surface area contributed by atoms with Crippen LogP contribution in [0.15, 0.2) is 16.8 Å². The number of thiophene rings is 1. The summed E-state index contributed by atoms with van der Waals surface area (Å²) in [4.78, 5) is 27.0. The van der Waals surface area contributed by atoms with Crippen LogP contribution in [0.25, 0.3) is 0 Å². The highest BCUT2D eigenvalue weighted by Crippen LogP contribution is 2.28. The van der Waals surface area contributed by atoms with Crippen LogP contribution < -0.4 is 0 Å². The van der Waals surface area contributed by atoms with E-state index in [-0.39, 0.29) is 18.0 Å². The maximum absolute atomic E-state index is 12.0. The van der Waals surface area contributed by atoms with E-state index in [9.17, 15) is 9.59 Å². The van der Waals surface area contributed by atoms with Crippen LogP contribution in [0.2, 0.25) is 0 Å². The maximum Gasteiger partial charge on any atom is 0.327 e. The number of urea groups is 1. The van der Waals surface area contributed by atoms with Crippen LogP contribution in [0, 0.1) is 0 Å². The van der Waals surface area contributed by atoms with Crippen molar-refractivity contribution in [1.29, 1.82) is 0 Å². The Hall–Kier alpha value is -1.36. The highest BCUT2D eigenvalue weighted by molar-refractivity contribution is 7.07. The number of imide groups is 1. The minimum Gasteiger partial charge on any atom is -0.312 e. The summed E-state index contributed by atoms with van der Waals surface area (Å²) in [5.41, 5.74) is 1.04. The Labute approximate surface area is 97.5 Å². The van der Waals surface area contributed by atoms with Gasteiger partial charge in [0, 0.05) is 6.54 Å². The number of carbonyl (C=O) groups is 2. The Morgan fingerprint density at radius 1 is 1.44 bits per heavy atom. The summed E-state index contributed by atoms with van der Waals surface area (Å²) in [5, 5.41) is 3.94. The maximum atomic E-state index is 12.0. The molecule has 5 heteroatoms. The van der Waals surface area contributed by atoms with Gasteiger partial charge >= 0.3 is 6.03 Å². The van der Waals surface area contributed by atoms with Gasteiger partial charge in [-0.05, 0) is 35.2 Å². The molecule has 0 N–H and O–H groups in total. The van der Waals surface area contributed by atoms with E-state index in [0.717, 1.165) is 24.9 Å². The molecule has 4 nitrogen and oxygen atoms in total. The van der Waals surface area contributed by atoms with Crippen LogP contribution in [0.1, 0.15) is 18.4 Å². The first-order chi connectivity index (χ1) is 7.77. The second-order valence-corrected chi connectivity index (χ2v) is 4.97. The second-order valence-electron chi connectivity index (χ2n) is 4.19. The van der Waals surface area contributed by atoms with Crippen molar-refractivity contribution in [1.82, 2.24) is 9.80 Å². The standard InChI is InChI=1S/C11H12N2O2S/c14-10-9-2-1-4-12(9)11(15)13(10)6-8-3-5-16-7-8/h3,5,7,9H,1-2,4,6H2. The molecular formula is C11H12N2O2S. The molecule has 0 aliphatic carbocycles. The highest BCUT2D eigenvalue weighted by atomic mass is 32.1.